The molecule has 0 saturated heterocycles. The van der Waals surface area contributed by atoms with Gasteiger partial charge in [0.25, 0.3) is 0 Å². The molecule has 142 valence electrons. The third-order valence-corrected chi connectivity index (χ3v) is 3.81. The monoisotopic (exact) mass is 362 g/mol. The minimum atomic E-state index is -0.381. The molecule has 6 heteroatoms. The van der Waals surface area contributed by atoms with Crippen molar-refractivity contribution in [2.45, 2.75) is 27.2 Å². The molecule has 0 N–H and O–H groups in total. The molecule has 6 nitrogen and oxygen atoms in total. The van der Waals surface area contributed by atoms with Crippen molar-refractivity contribution in [2.24, 2.45) is 5.92 Å². The van der Waals surface area contributed by atoms with Gasteiger partial charge in [-0.05, 0) is 12.0 Å². The van der Waals surface area contributed by atoms with Crippen LogP contribution in [-0.2, 0) is 4.79 Å². The molecule has 0 unspecified atom stereocenters. The molecule has 0 bridgehead atoms. The van der Waals surface area contributed by atoms with Crippen molar-refractivity contribution >= 4 is 16.7 Å². The molecule has 0 heterocycles. The van der Waals surface area contributed by atoms with Crippen LogP contribution in [0.5, 0.6) is 28.7 Å². The van der Waals surface area contributed by atoms with Gasteiger partial charge in [-0.2, -0.15) is 0 Å². The van der Waals surface area contributed by atoms with Crippen molar-refractivity contribution in [1.82, 2.24) is 0 Å². The number of esters is 1. The summed E-state index contributed by atoms with van der Waals surface area (Å²) >= 11 is 0. The van der Waals surface area contributed by atoms with E-state index in [0.717, 1.165) is 5.39 Å². The highest BCUT2D eigenvalue weighted by atomic mass is 16.6. The molecule has 0 fully saturated rings. The van der Waals surface area contributed by atoms with Crippen molar-refractivity contribution in [2.75, 3.05) is 27.9 Å². The molecule has 0 amide bonds. The predicted molar refractivity (Wildman–Crippen MR) is 99.9 cm³/mol. The second-order valence-corrected chi connectivity index (χ2v) is 6.14. The number of methoxy groups -OCH3 is 3. The van der Waals surface area contributed by atoms with Gasteiger partial charge >= 0.3 is 5.97 Å². The Balaban J connectivity index is 2.86. The van der Waals surface area contributed by atoms with Gasteiger partial charge in [-0.1, -0.05) is 32.9 Å². The average Bonchev–Trinajstić information content (AvgIpc) is 2.65. The first-order valence-corrected chi connectivity index (χ1v) is 8.56. The van der Waals surface area contributed by atoms with Crippen molar-refractivity contribution < 1.29 is 28.5 Å². The number of benzene rings is 2. The molecule has 0 aromatic heterocycles. The number of hydrogen-bond donors (Lipinski definition) is 0. The van der Waals surface area contributed by atoms with Gasteiger partial charge in [0.05, 0.1) is 33.3 Å². The van der Waals surface area contributed by atoms with Gasteiger partial charge in [-0.25, -0.2) is 0 Å². The summed E-state index contributed by atoms with van der Waals surface area (Å²) < 4.78 is 28.2. The predicted octanol–water partition coefficient (Wildman–Crippen LogP) is 4.22. The first-order chi connectivity index (χ1) is 12.5. The zero-order valence-corrected chi connectivity index (χ0v) is 16.2. The molecule has 2 rings (SSSR count). The average molecular weight is 362 g/mol. The van der Waals surface area contributed by atoms with Crippen LogP contribution in [0.3, 0.4) is 0 Å². The number of rotatable bonds is 8. The molecule has 0 aliphatic heterocycles. The lowest BCUT2D eigenvalue weighted by atomic mass is 10.1. The second kappa shape index (κ2) is 8.65. The maximum atomic E-state index is 12.0. The Kier molecular flexibility index (Phi) is 6.55. The van der Waals surface area contributed by atoms with E-state index < -0.39 is 0 Å². The molecule has 0 atom stereocenters. The van der Waals surface area contributed by atoms with E-state index in [1.807, 2.05) is 12.1 Å². The zero-order chi connectivity index (χ0) is 19.3. The highest BCUT2D eigenvalue weighted by Gasteiger charge is 2.27. The number of hydrogen-bond acceptors (Lipinski definition) is 6. The summed E-state index contributed by atoms with van der Waals surface area (Å²) in [6.07, 6.45) is 0.230. The molecule has 0 aliphatic rings. The van der Waals surface area contributed by atoms with Crippen LogP contribution in [0, 0.1) is 5.92 Å². The van der Waals surface area contributed by atoms with Gasteiger partial charge in [0.2, 0.25) is 11.5 Å². The summed E-state index contributed by atoms with van der Waals surface area (Å²) in [6, 6.07) is 5.52. The Morgan fingerprint density at radius 1 is 0.962 bits per heavy atom. The number of fused-ring (bicyclic) bond motifs is 1. The summed E-state index contributed by atoms with van der Waals surface area (Å²) in [7, 11) is 4.58. The van der Waals surface area contributed by atoms with Crippen molar-refractivity contribution in [1.29, 1.82) is 0 Å². The molecular weight excluding hydrogens is 336 g/mol. The smallest absolute Gasteiger partial charge is 0.311 e. The van der Waals surface area contributed by atoms with Crippen LogP contribution in [0.1, 0.15) is 27.2 Å². The Hall–Kier alpha value is -2.63. The maximum Gasteiger partial charge on any atom is 0.311 e. The van der Waals surface area contributed by atoms with E-state index in [2.05, 4.69) is 13.8 Å². The van der Waals surface area contributed by atoms with E-state index in [-0.39, 0.29) is 18.1 Å². The normalized spacial score (nSPS) is 10.7. The third-order valence-electron chi connectivity index (χ3n) is 3.81. The van der Waals surface area contributed by atoms with E-state index in [4.69, 9.17) is 23.7 Å². The van der Waals surface area contributed by atoms with Gasteiger partial charge in [-0.3, -0.25) is 4.79 Å². The van der Waals surface area contributed by atoms with Crippen LogP contribution in [0.2, 0.25) is 0 Å². The minimum absolute atomic E-state index is 0.230. The van der Waals surface area contributed by atoms with Crippen LogP contribution in [0.15, 0.2) is 18.2 Å². The van der Waals surface area contributed by atoms with E-state index in [1.54, 1.807) is 20.1 Å². The summed E-state index contributed by atoms with van der Waals surface area (Å²) in [5, 5.41) is 1.33. The third kappa shape index (κ3) is 3.79. The molecule has 0 spiro atoms. The summed E-state index contributed by atoms with van der Waals surface area (Å²) in [6.45, 7) is 6.35. The Bertz CT molecular complexity index is 782. The molecule has 2 aromatic rings. The molecule has 26 heavy (non-hydrogen) atoms. The highest BCUT2D eigenvalue weighted by Crippen LogP contribution is 2.53. The maximum absolute atomic E-state index is 12.0. The van der Waals surface area contributed by atoms with E-state index >= 15 is 0 Å². The lowest BCUT2D eigenvalue weighted by molar-refractivity contribution is -0.134. The van der Waals surface area contributed by atoms with Gasteiger partial charge < -0.3 is 23.7 Å². The Labute approximate surface area is 153 Å². The summed E-state index contributed by atoms with van der Waals surface area (Å²) in [4.78, 5) is 12.0. The summed E-state index contributed by atoms with van der Waals surface area (Å²) in [5.41, 5.74) is 0. The number of ether oxygens (including phenoxy) is 5. The fourth-order valence-corrected chi connectivity index (χ4v) is 2.61. The van der Waals surface area contributed by atoms with Gasteiger partial charge in [0, 0.05) is 11.8 Å². The molecular formula is C20H26O6. The fraction of sp³-hybridized carbons (Fsp3) is 0.450. The first kappa shape index (κ1) is 19.7. The quantitative estimate of drug-likeness (QED) is 0.518. The van der Waals surface area contributed by atoms with Crippen molar-refractivity contribution in [3.8, 4) is 28.7 Å². The van der Waals surface area contributed by atoms with Gasteiger partial charge in [-0.15, -0.1) is 0 Å². The largest absolute Gasteiger partial charge is 0.496 e. The molecule has 0 saturated carbocycles. The fourth-order valence-electron chi connectivity index (χ4n) is 2.61. The van der Waals surface area contributed by atoms with Gasteiger partial charge in [0.1, 0.15) is 5.75 Å². The van der Waals surface area contributed by atoms with E-state index in [0.29, 0.717) is 40.9 Å². The first-order valence-electron chi connectivity index (χ1n) is 8.56. The summed E-state index contributed by atoms with van der Waals surface area (Å²) in [5.74, 6) is 1.97. The highest BCUT2D eigenvalue weighted by molar-refractivity contribution is 6.03. The molecule has 0 radical (unpaired) electrons. The van der Waals surface area contributed by atoms with Crippen LogP contribution in [-0.4, -0.2) is 33.9 Å². The van der Waals surface area contributed by atoms with Gasteiger partial charge in [0.15, 0.2) is 11.5 Å². The minimum Gasteiger partial charge on any atom is -0.496 e. The van der Waals surface area contributed by atoms with Crippen molar-refractivity contribution in [3.63, 3.8) is 0 Å². The number of carbonyl (C=O) groups excluding carboxylic acids is 1. The van der Waals surface area contributed by atoms with Crippen LogP contribution < -0.4 is 23.7 Å². The zero-order valence-electron chi connectivity index (χ0n) is 16.2. The second-order valence-electron chi connectivity index (χ2n) is 6.14. The number of carbonyl (C=O) groups is 1. The Morgan fingerprint density at radius 3 is 2.15 bits per heavy atom. The van der Waals surface area contributed by atoms with E-state index in [9.17, 15) is 4.79 Å². The van der Waals surface area contributed by atoms with Crippen molar-refractivity contribution in [3.05, 3.63) is 18.2 Å². The van der Waals surface area contributed by atoms with Crippen LogP contribution in [0.4, 0.5) is 0 Å². The Morgan fingerprint density at radius 2 is 1.62 bits per heavy atom. The van der Waals surface area contributed by atoms with Crippen LogP contribution >= 0.6 is 0 Å². The topological polar surface area (TPSA) is 63.2 Å². The lowest BCUT2D eigenvalue weighted by Gasteiger charge is -2.21. The SMILES string of the molecule is CCC(=O)Oc1c(OC)c(OC)c(OCC(C)C)c2cccc(OC)c12. The van der Waals surface area contributed by atoms with Crippen LogP contribution in [0.25, 0.3) is 10.8 Å². The molecule has 0 aliphatic carbocycles. The molecule has 2 aromatic carbocycles. The standard InChI is InChI=1S/C20H26O6/c1-7-15(21)26-18-16-13(9-8-10-14(16)22-4)17(25-11-12(2)3)19(23-5)20(18)24-6/h8-10,12H,7,11H2,1-6H3. The lowest BCUT2D eigenvalue weighted by Crippen LogP contribution is -2.10. The van der Waals surface area contributed by atoms with E-state index in [1.165, 1.54) is 14.2 Å².